The number of ether oxygens (including phenoxy) is 1. The molecule has 1 N–H and O–H groups in total. The van der Waals surface area contributed by atoms with Crippen LogP contribution in [0.15, 0.2) is 33.8 Å². The van der Waals surface area contributed by atoms with E-state index in [1.165, 1.54) is 18.4 Å². The Labute approximate surface area is 217 Å². The first-order valence-electron chi connectivity index (χ1n) is 12.4. The fourth-order valence-electron chi connectivity index (χ4n) is 4.74. The number of likely N-dealkylation sites (tertiary alicyclic amines) is 1. The fraction of sp³-hybridized carbons (Fsp3) is 0.480. The summed E-state index contributed by atoms with van der Waals surface area (Å²) < 4.78 is 77.2. The lowest BCUT2D eigenvalue weighted by molar-refractivity contribution is -0.0387. The van der Waals surface area contributed by atoms with Gasteiger partial charge in [-0.1, -0.05) is 0 Å². The van der Waals surface area contributed by atoms with Gasteiger partial charge in [0.15, 0.2) is 32.5 Å². The van der Waals surface area contributed by atoms with Crippen LogP contribution in [-0.2, 0) is 9.84 Å². The van der Waals surface area contributed by atoms with Gasteiger partial charge >= 0.3 is 6.09 Å². The molecular weight excluding hydrogens is 525 g/mol. The molecule has 0 atom stereocenters. The Kier molecular flexibility index (Phi) is 6.97. The summed E-state index contributed by atoms with van der Waals surface area (Å²) in [5.74, 6) is -3.68. The normalized spacial score (nSPS) is 18.5. The van der Waals surface area contributed by atoms with Crippen molar-refractivity contribution in [2.75, 3.05) is 24.7 Å². The minimum absolute atomic E-state index is 0.0358. The van der Waals surface area contributed by atoms with Gasteiger partial charge in [-0.15, -0.1) is 0 Å². The molecule has 3 aromatic rings. The summed E-state index contributed by atoms with van der Waals surface area (Å²) in [6.07, 6.45) is 4.07. The van der Waals surface area contributed by atoms with Crippen molar-refractivity contribution in [2.24, 2.45) is 0 Å². The SMILES string of the molecule is CS(=O)(=O)c1ccc(Nc2nc(C3CCC(F)(F)CC3)nc3c(OC(=O)N4CCCCC4)coc23)c(F)c1. The van der Waals surface area contributed by atoms with Crippen LogP contribution < -0.4 is 10.1 Å². The van der Waals surface area contributed by atoms with Crippen molar-refractivity contribution < 1.29 is 35.5 Å². The van der Waals surface area contributed by atoms with E-state index in [1.807, 2.05) is 0 Å². The number of rotatable bonds is 5. The van der Waals surface area contributed by atoms with E-state index in [9.17, 15) is 26.4 Å². The molecule has 5 rings (SSSR count). The van der Waals surface area contributed by atoms with Crippen LogP contribution in [-0.4, -0.2) is 54.6 Å². The van der Waals surface area contributed by atoms with Crippen LogP contribution in [0.25, 0.3) is 11.1 Å². The second-order valence-electron chi connectivity index (χ2n) is 9.79. The van der Waals surface area contributed by atoms with E-state index in [0.29, 0.717) is 13.1 Å². The molecular formula is C25H27F3N4O5S. The molecule has 2 fully saturated rings. The largest absolute Gasteiger partial charge is 0.455 e. The molecule has 38 heavy (non-hydrogen) atoms. The molecule has 0 radical (unpaired) electrons. The molecule has 2 aromatic heterocycles. The molecule has 204 valence electrons. The average Bonchev–Trinajstić information content (AvgIpc) is 3.28. The summed E-state index contributed by atoms with van der Waals surface area (Å²) in [6.45, 7) is 1.14. The predicted octanol–water partition coefficient (Wildman–Crippen LogP) is 5.79. The second kappa shape index (κ2) is 10.1. The van der Waals surface area contributed by atoms with E-state index in [1.54, 1.807) is 4.90 Å². The highest BCUT2D eigenvalue weighted by molar-refractivity contribution is 7.90. The lowest BCUT2D eigenvalue weighted by Gasteiger charge is -2.27. The van der Waals surface area contributed by atoms with Crippen LogP contribution in [0.3, 0.4) is 0 Å². The van der Waals surface area contributed by atoms with Crippen molar-refractivity contribution in [1.82, 2.24) is 14.9 Å². The zero-order valence-corrected chi connectivity index (χ0v) is 21.5. The number of hydrogen-bond donors (Lipinski definition) is 1. The third kappa shape index (κ3) is 5.57. The molecule has 0 spiro atoms. The number of nitrogens with zero attached hydrogens (tertiary/aromatic N) is 3. The van der Waals surface area contributed by atoms with Gasteiger partial charge in [-0.3, -0.25) is 0 Å². The molecule has 1 saturated carbocycles. The van der Waals surface area contributed by atoms with E-state index in [0.717, 1.165) is 31.6 Å². The van der Waals surface area contributed by atoms with E-state index < -0.39 is 33.6 Å². The number of nitrogens with one attached hydrogen (secondary N) is 1. The second-order valence-corrected chi connectivity index (χ2v) is 11.8. The molecule has 1 amide bonds. The maximum absolute atomic E-state index is 14.8. The molecule has 3 heterocycles. The Morgan fingerprint density at radius 2 is 1.87 bits per heavy atom. The lowest BCUT2D eigenvalue weighted by Crippen LogP contribution is -2.37. The smallest absolute Gasteiger partial charge is 0.415 e. The first kappa shape index (κ1) is 26.3. The van der Waals surface area contributed by atoms with E-state index in [2.05, 4.69) is 15.3 Å². The van der Waals surface area contributed by atoms with Crippen LogP contribution in [0.2, 0.25) is 0 Å². The number of hydrogen-bond acceptors (Lipinski definition) is 8. The number of anilines is 2. The third-order valence-electron chi connectivity index (χ3n) is 6.92. The Hall–Kier alpha value is -3.35. The molecule has 1 aromatic carbocycles. The monoisotopic (exact) mass is 552 g/mol. The molecule has 2 aliphatic rings. The minimum Gasteiger partial charge on any atom is -0.455 e. The third-order valence-corrected chi connectivity index (χ3v) is 8.03. The van der Waals surface area contributed by atoms with Gasteiger partial charge in [0.2, 0.25) is 5.92 Å². The van der Waals surface area contributed by atoms with Gasteiger partial charge in [-0.25, -0.2) is 36.4 Å². The molecule has 1 saturated heterocycles. The van der Waals surface area contributed by atoms with E-state index >= 15 is 0 Å². The number of amides is 1. The quantitative estimate of drug-likeness (QED) is 0.423. The summed E-state index contributed by atoms with van der Waals surface area (Å²) in [6, 6.07) is 3.38. The van der Waals surface area contributed by atoms with Crippen LogP contribution >= 0.6 is 0 Å². The van der Waals surface area contributed by atoms with Crippen LogP contribution in [0.5, 0.6) is 5.75 Å². The number of halogens is 3. The number of sulfone groups is 1. The highest BCUT2D eigenvalue weighted by Crippen LogP contribution is 2.42. The number of furan rings is 1. The molecule has 1 aliphatic heterocycles. The van der Waals surface area contributed by atoms with Crippen LogP contribution in [0.1, 0.15) is 56.7 Å². The Morgan fingerprint density at radius 1 is 1.16 bits per heavy atom. The van der Waals surface area contributed by atoms with Crippen molar-refractivity contribution in [2.45, 2.75) is 61.7 Å². The van der Waals surface area contributed by atoms with Crippen molar-refractivity contribution in [3.63, 3.8) is 0 Å². The first-order chi connectivity index (χ1) is 18.0. The Balaban J connectivity index is 1.51. The highest BCUT2D eigenvalue weighted by Gasteiger charge is 2.37. The van der Waals surface area contributed by atoms with Gasteiger partial charge in [0.1, 0.15) is 17.9 Å². The predicted molar refractivity (Wildman–Crippen MR) is 132 cm³/mol. The summed E-state index contributed by atoms with van der Waals surface area (Å²) in [4.78, 5) is 23.1. The van der Waals surface area contributed by atoms with Gasteiger partial charge in [0.25, 0.3) is 0 Å². The Morgan fingerprint density at radius 3 is 2.53 bits per heavy atom. The molecule has 13 heteroatoms. The maximum atomic E-state index is 14.8. The number of alkyl halides is 2. The van der Waals surface area contributed by atoms with Gasteiger partial charge in [-0.05, 0) is 50.3 Å². The van der Waals surface area contributed by atoms with Gasteiger partial charge in [0, 0.05) is 38.1 Å². The number of aromatic nitrogens is 2. The van der Waals surface area contributed by atoms with Crippen molar-refractivity contribution in [3.05, 3.63) is 36.1 Å². The molecule has 0 bridgehead atoms. The number of fused-ring (bicyclic) bond motifs is 1. The minimum atomic E-state index is -3.62. The zero-order valence-electron chi connectivity index (χ0n) is 20.7. The van der Waals surface area contributed by atoms with Gasteiger partial charge in [-0.2, -0.15) is 0 Å². The summed E-state index contributed by atoms with van der Waals surface area (Å²) >= 11 is 0. The summed E-state index contributed by atoms with van der Waals surface area (Å²) in [5.41, 5.74) is 0.137. The van der Waals surface area contributed by atoms with Crippen LogP contribution in [0.4, 0.5) is 29.5 Å². The summed E-state index contributed by atoms with van der Waals surface area (Å²) in [5, 5.41) is 2.81. The topological polar surface area (TPSA) is 115 Å². The van der Waals surface area contributed by atoms with Crippen LogP contribution in [0, 0.1) is 5.82 Å². The standard InChI is InChI=1S/C25H27F3N4O5S/c1-38(34,35)16-5-6-18(17(26)13-16)29-23-21-20(30-22(31-23)15-7-9-25(27,28)10-8-15)19(14-36-21)37-24(33)32-11-3-2-4-12-32/h5-6,13-15H,2-4,7-12H2,1H3,(H,29,30,31). The van der Waals surface area contributed by atoms with E-state index in [-0.39, 0.29) is 64.8 Å². The summed E-state index contributed by atoms with van der Waals surface area (Å²) in [7, 11) is -3.62. The molecule has 0 unspecified atom stereocenters. The van der Waals surface area contributed by atoms with Gasteiger partial charge < -0.3 is 19.4 Å². The number of carbonyl (C=O) groups excluding carboxylic acids is 1. The van der Waals surface area contributed by atoms with E-state index in [4.69, 9.17) is 9.15 Å². The molecule has 1 aliphatic carbocycles. The Bertz CT molecular complexity index is 1460. The number of benzene rings is 1. The lowest BCUT2D eigenvalue weighted by atomic mass is 9.86. The highest BCUT2D eigenvalue weighted by atomic mass is 32.2. The van der Waals surface area contributed by atoms with Crippen molar-refractivity contribution >= 4 is 38.5 Å². The number of piperidine rings is 1. The number of carbonyl (C=O) groups is 1. The molecule has 9 nitrogen and oxygen atoms in total. The fourth-order valence-corrected chi connectivity index (χ4v) is 5.38. The average molecular weight is 553 g/mol. The van der Waals surface area contributed by atoms with Crippen molar-refractivity contribution in [1.29, 1.82) is 0 Å². The maximum Gasteiger partial charge on any atom is 0.415 e. The first-order valence-corrected chi connectivity index (χ1v) is 14.3. The van der Waals surface area contributed by atoms with Gasteiger partial charge in [0.05, 0.1) is 10.6 Å². The zero-order chi connectivity index (χ0) is 27.1. The van der Waals surface area contributed by atoms with Crippen molar-refractivity contribution in [3.8, 4) is 5.75 Å².